The summed E-state index contributed by atoms with van der Waals surface area (Å²) in [5.74, 6) is 0. The molecule has 2 rings (SSSR count). The molecule has 1 aromatic heterocycles. The zero-order valence-corrected chi connectivity index (χ0v) is 8.21. The number of primary sulfonamides is 1. The van der Waals surface area contributed by atoms with Crippen molar-refractivity contribution in [1.29, 1.82) is 0 Å². The fourth-order valence-electron chi connectivity index (χ4n) is 1.07. The summed E-state index contributed by atoms with van der Waals surface area (Å²) in [4.78, 5) is -0.266. The lowest BCUT2D eigenvalue weighted by Crippen LogP contribution is -2.13. The third kappa shape index (κ3) is 1.35. The van der Waals surface area contributed by atoms with E-state index in [1.54, 1.807) is 0 Å². The predicted molar refractivity (Wildman–Crippen MR) is 48.2 cm³/mol. The van der Waals surface area contributed by atoms with E-state index < -0.39 is 10.0 Å². The van der Waals surface area contributed by atoms with Crippen LogP contribution < -0.4 is 5.14 Å². The fraction of sp³-hybridized carbons (Fsp3) is 0. The summed E-state index contributed by atoms with van der Waals surface area (Å²) < 4.78 is 26.7. The highest BCUT2D eigenvalue weighted by Gasteiger charge is 2.20. The van der Waals surface area contributed by atoms with Gasteiger partial charge >= 0.3 is 0 Å². The normalized spacial score (nSPS) is 12.1. The Kier molecular flexibility index (Phi) is 1.95. The van der Waals surface area contributed by atoms with Gasteiger partial charge in [-0.05, 0) is 22.4 Å². The molecular weight excluding hydrogens is 230 g/mol. The van der Waals surface area contributed by atoms with Crippen molar-refractivity contribution in [3.05, 3.63) is 17.2 Å². The molecule has 0 fully saturated rings. The first-order valence-electron chi connectivity index (χ1n) is 3.44. The second-order valence-corrected chi connectivity index (χ2v) is 4.46. The maximum absolute atomic E-state index is 11.1. The van der Waals surface area contributed by atoms with Crippen LogP contribution in [0.25, 0.3) is 11.0 Å². The molecule has 0 unspecified atom stereocenters. The highest BCUT2D eigenvalue weighted by atomic mass is 35.5. The van der Waals surface area contributed by atoms with Gasteiger partial charge in [-0.25, -0.2) is 18.2 Å². The number of rotatable bonds is 1. The van der Waals surface area contributed by atoms with Gasteiger partial charge in [0.2, 0.25) is 10.0 Å². The van der Waals surface area contributed by atoms with Crippen molar-refractivity contribution >= 4 is 32.7 Å². The van der Waals surface area contributed by atoms with E-state index in [9.17, 15) is 8.42 Å². The summed E-state index contributed by atoms with van der Waals surface area (Å²) in [6.45, 7) is 0. The number of nitrogens with zero attached hydrogens (tertiary/aromatic N) is 2. The first-order valence-corrected chi connectivity index (χ1v) is 5.36. The molecule has 0 aliphatic heterocycles. The Hall–Kier alpha value is -1.18. The maximum atomic E-state index is 11.1. The monoisotopic (exact) mass is 233 g/mol. The summed E-state index contributed by atoms with van der Waals surface area (Å²) in [6.07, 6.45) is 0. The van der Waals surface area contributed by atoms with Crippen molar-refractivity contribution < 1.29 is 13.0 Å². The number of halogens is 1. The molecule has 6 nitrogen and oxygen atoms in total. The van der Waals surface area contributed by atoms with Crippen LogP contribution in [0.1, 0.15) is 0 Å². The van der Waals surface area contributed by atoms with Crippen molar-refractivity contribution in [3.63, 3.8) is 0 Å². The molecule has 1 heterocycles. The first-order chi connectivity index (χ1) is 6.50. The quantitative estimate of drug-likeness (QED) is 0.774. The van der Waals surface area contributed by atoms with Crippen molar-refractivity contribution in [2.24, 2.45) is 5.14 Å². The van der Waals surface area contributed by atoms with Gasteiger partial charge < -0.3 is 0 Å². The first kappa shape index (κ1) is 9.38. The molecule has 2 aromatic rings. The lowest BCUT2D eigenvalue weighted by Gasteiger charge is -1.99. The molecule has 14 heavy (non-hydrogen) atoms. The number of nitrogens with two attached hydrogens (primary N) is 1. The highest BCUT2D eigenvalue weighted by Crippen LogP contribution is 2.26. The number of aromatic nitrogens is 2. The molecule has 8 heteroatoms. The summed E-state index contributed by atoms with van der Waals surface area (Å²) in [5.41, 5.74) is 0.332. The number of sulfonamides is 1. The van der Waals surface area contributed by atoms with E-state index in [2.05, 4.69) is 14.9 Å². The maximum Gasteiger partial charge on any atom is 0.241 e. The molecule has 0 saturated carbocycles. The Balaban J connectivity index is 2.98. The van der Waals surface area contributed by atoms with Crippen LogP contribution >= 0.6 is 11.6 Å². The molecule has 0 aliphatic rings. The molecule has 1 aromatic carbocycles. The van der Waals surface area contributed by atoms with E-state index in [1.807, 2.05) is 0 Å². The summed E-state index contributed by atoms with van der Waals surface area (Å²) in [6, 6.07) is 2.86. The van der Waals surface area contributed by atoms with Crippen LogP contribution in [-0.2, 0) is 10.0 Å². The molecule has 0 aliphatic carbocycles. The molecule has 74 valence electrons. The van der Waals surface area contributed by atoms with E-state index in [0.29, 0.717) is 5.52 Å². The lowest BCUT2D eigenvalue weighted by atomic mass is 10.3. The Labute approximate surface area is 83.7 Å². The van der Waals surface area contributed by atoms with E-state index in [4.69, 9.17) is 16.7 Å². The van der Waals surface area contributed by atoms with Gasteiger partial charge in [-0.3, -0.25) is 0 Å². The minimum atomic E-state index is -3.92. The van der Waals surface area contributed by atoms with Gasteiger partial charge in [0.25, 0.3) is 0 Å². The van der Waals surface area contributed by atoms with Crippen LogP contribution in [0.5, 0.6) is 0 Å². The van der Waals surface area contributed by atoms with Crippen LogP contribution in [0.15, 0.2) is 21.7 Å². The number of benzene rings is 1. The SMILES string of the molecule is NS(=O)(=O)c1c(Cl)ccc2nonc12. The Morgan fingerprint density at radius 3 is 2.71 bits per heavy atom. The third-order valence-electron chi connectivity index (χ3n) is 1.62. The van der Waals surface area contributed by atoms with Crippen molar-refractivity contribution in [3.8, 4) is 0 Å². The lowest BCUT2D eigenvalue weighted by molar-refractivity contribution is 0.315. The van der Waals surface area contributed by atoms with Crippen LogP contribution in [0.3, 0.4) is 0 Å². The number of hydrogen-bond acceptors (Lipinski definition) is 5. The van der Waals surface area contributed by atoms with Gasteiger partial charge in [-0.15, -0.1) is 0 Å². The number of hydrogen-bond donors (Lipinski definition) is 1. The second-order valence-electron chi connectivity index (χ2n) is 2.55. The Morgan fingerprint density at radius 2 is 2.07 bits per heavy atom. The van der Waals surface area contributed by atoms with Crippen LogP contribution in [0.2, 0.25) is 5.02 Å². The standard InChI is InChI=1S/C6H4ClN3O3S/c7-3-1-2-4-5(10-13-9-4)6(3)14(8,11)12/h1-2H,(H2,8,11,12). The largest absolute Gasteiger partial charge is 0.243 e. The molecule has 0 spiro atoms. The van der Waals surface area contributed by atoms with Gasteiger partial charge in [0, 0.05) is 0 Å². The summed E-state index contributed by atoms with van der Waals surface area (Å²) >= 11 is 5.68. The molecular formula is C6H4ClN3O3S. The van der Waals surface area contributed by atoms with Crippen molar-refractivity contribution in [2.45, 2.75) is 4.90 Å². The molecule has 0 atom stereocenters. The van der Waals surface area contributed by atoms with Crippen LogP contribution in [-0.4, -0.2) is 18.7 Å². The zero-order valence-electron chi connectivity index (χ0n) is 6.64. The smallest absolute Gasteiger partial charge is 0.241 e. The predicted octanol–water partition coefficient (Wildman–Crippen LogP) is 0.524. The van der Waals surface area contributed by atoms with E-state index in [0.717, 1.165) is 0 Å². The minimum Gasteiger partial charge on any atom is -0.243 e. The van der Waals surface area contributed by atoms with E-state index in [-0.39, 0.29) is 15.4 Å². The van der Waals surface area contributed by atoms with Gasteiger partial charge in [0.1, 0.15) is 10.4 Å². The molecule has 0 saturated heterocycles. The van der Waals surface area contributed by atoms with Gasteiger partial charge in [0.05, 0.1) is 5.02 Å². The van der Waals surface area contributed by atoms with Gasteiger partial charge in [0.15, 0.2) is 5.52 Å². The summed E-state index contributed by atoms with van der Waals surface area (Å²) in [5, 5.41) is 11.8. The van der Waals surface area contributed by atoms with E-state index in [1.165, 1.54) is 12.1 Å². The van der Waals surface area contributed by atoms with Crippen LogP contribution in [0, 0.1) is 0 Å². The fourth-order valence-corrected chi connectivity index (χ4v) is 2.30. The Bertz CT molecular complexity index is 591. The van der Waals surface area contributed by atoms with Gasteiger partial charge in [-0.1, -0.05) is 11.6 Å². The summed E-state index contributed by atoms with van der Waals surface area (Å²) in [7, 11) is -3.92. The Morgan fingerprint density at radius 1 is 1.36 bits per heavy atom. The third-order valence-corrected chi connectivity index (χ3v) is 3.03. The topological polar surface area (TPSA) is 99.1 Å². The molecule has 0 radical (unpaired) electrons. The van der Waals surface area contributed by atoms with E-state index >= 15 is 0 Å². The highest BCUT2D eigenvalue weighted by molar-refractivity contribution is 7.89. The van der Waals surface area contributed by atoms with Crippen LogP contribution in [0.4, 0.5) is 0 Å². The number of fused-ring (bicyclic) bond motifs is 1. The van der Waals surface area contributed by atoms with Crippen molar-refractivity contribution in [1.82, 2.24) is 10.3 Å². The minimum absolute atomic E-state index is 0.00398. The molecule has 0 amide bonds. The zero-order chi connectivity index (χ0) is 10.3. The average Bonchev–Trinajstić information content (AvgIpc) is 2.48. The average molecular weight is 234 g/mol. The molecule has 2 N–H and O–H groups in total. The second kappa shape index (κ2) is 2.91. The molecule has 0 bridgehead atoms. The van der Waals surface area contributed by atoms with Gasteiger partial charge in [-0.2, -0.15) is 0 Å². The van der Waals surface area contributed by atoms with Crippen molar-refractivity contribution in [2.75, 3.05) is 0 Å².